The molecule has 90 valence electrons. The highest BCUT2D eigenvalue weighted by Crippen LogP contribution is 2.26. The van der Waals surface area contributed by atoms with Crippen LogP contribution in [0.4, 0.5) is 11.7 Å². The quantitative estimate of drug-likeness (QED) is 0.830. The van der Waals surface area contributed by atoms with Crippen molar-refractivity contribution in [2.45, 2.75) is 6.42 Å². The highest BCUT2D eigenvalue weighted by atomic mass is 35.5. The molecule has 0 spiro atoms. The van der Waals surface area contributed by atoms with Crippen LogP contribution in [0.2, 0.25) is 0 Å². The van der Waals surface area contributed by atoms with E-state index in [0.29, 0.717) is 30.0 Å². The summed E-state index contributed by atoms with van der Waals surface area (Å²) in [5, 5.41) is 10.7. The maximum absolute atomic E-state index is 5.58. The van der Waals surface area contributed by atoms with Gasteiger partial charge >= 0.3 is 6.01 Å². The number of benzene rings is 1. The Morgan fingerprint density at radius 1 is 1.35 bits per heavy atom. The molecule has 1 heterocycles. The van der Waals surface area contributed by atoms with E-state index in [1.54, 1.807) is 7.11 Å². The summed E-state index contributed by atoms with van der Waals surface area (Å²) in [6.45, 7) is 0. The molecule has 1 aromatic carbocycles. The Labute approximate surface area is 104 Å². The minimum Gasteiger partial charge on any atom is -0.495 e. The van der Waals surface area contributed by atoms with Crippen molar-refractivity contribution in [1.29, 1.82) is 0 Å². The first-order chi connectivity index (χ1) is 8.33. The van der Waals surface area contributed by atoms with Crippen LogP contribution in [0, 0.1) is 0 Å². The number of anilines is 2. The van der Waals surface area contributed by atoms with E-state index in [4.69, 9.17) is 20.8 Å². The lowest BCUT2D eigenvalue weighted by atomic mass is 10.3. The largest absolute Gasteiger partial charge is 0.495 e. The highest BCUT2D eigenvalue weighted by Gasteiger charge is 2.08. The number of alkyl halides is 1. The van der Waals surface area contributed by atoms with Crippen LogP contribution in [-0.2, 0) is 6.42 Å². The van der Waals surface area contributed by atoms with Crippen LogP contribution in [0.5, 0.6) is 5.75 Å². The van der Waals surface area contributed by atoms with Crippen molar-refractivity contribution in [3.05, 3.63) is 30.2 Å². The molecule has 2 aromatic rings. The third-order valence-electron chi connectivity index (χ3n) is 2.12. The monoisotopic (exact) mass is 253 g/mol. The molecule has 0 amide bonds. The zero-order chi connectivity index (χ0) is 12.1. The van der Waals surface area contributed by atoms with Gasteiger partial charge in [0.25, 0.3) is 0 Å². The fourth-order valence-electron chi connectivity index (χ4n) is 1.35. The molecule has 17 heavy (non-hydrogen) atoms. The predicted molar refractivity (Wildman–Crippen MR) is 65.0 cm³/mol. The molecule has 5 nitrogen and oxygen atoms in total. The van der Waals surface area contributed by atoms with E-state index in [1.807, 2.05) is 24.3 Å². The van der Waals surface area contributed by atoms with E-state index in [9.17, 15) is 0 Å². The molecule has 1 N–H and O–H groups in total. The number of aryl methyl sites for hydroxylation is 1. The Kier molecular flexibility index (Phi) is 3.82. The first kappa shape index (κ1) is 11.7. The number of rotatable bonds is 5. The zero-order valence-corrected chi connectivity index (χ0v) is 10.1. The van der Waals surface area contributed by atoms with Crippen molar-refractivity contribution < 1.29 is 9.15 Å². The summed E-state index contributed by atoms with van der Waals surface area (Å²) in [5.41, 5.74) is 0.774. The normalized spacial score (nSPS) is 10.2. The molecule has 0 radical (unpaired) electrons. The van der Waals surface area contributed by atoms with Crippen molar-refractivity contribution in [3.63, 3.8) is 0 Å². The fraction of sp³-hybridized carbons (Fsp3) is 0.273. The van der Waals surface area contributed by atoms with Crippen molar-refractivity contribution in [1.82, 2.24) is 10.2 Å². The van der Waals surface area contributed by atoms with Crippen molar-refractivity contribution in [2.75, 3.05) is 18.3 Å². The summed E-state index contributed by atoms with van der Waals surface area (Å²) in [5.74, 6) is 1.68. The lowest BCUT2D eigenvalue weighted by Gasteiger charge is -2.06. The minimum absolute atomic E-state index is 0.328. The van der Waals surface area contributed by atoms with Crippen LogP contribution in [0.15, 0.2) is 28.7 Å². The summed E-state index contributed by atoms with van der Waals surface area (Å²) >= 11 is 5.58. The summed E-state index contributed by atoms with van der Waals surface area (Å²) in [4.78, 5) is 0. The van der Waals surface area contributed by atoms with Gasteiger partial charge in [-0.25, -0.2) is 0 Å². The van der Waals surface area contributed by atoms with E-state index in [0.717, 1.165) is 5.69 Å². The van der Waals surface area contributed by atoms with Crippen LogP contribution in [0.25, 0.3) is 0 Å². The maximum Gasteiger partial charge on any atom is 0.320 e. The SMILES string of the molecule is COc1ccccc1Nc1nnc(CCCl)o1. The summed E-state index contributed by atoms with van der Waals surface area (Å²) < 4.78 is 10.6. The molecule has 0 atom stereocenters. The number of para-hydroxylation sites is 2. The third kappa shape index (κ3) is 2.88. The molecule has 0 aliphatic rings. The standard InChI is InChI=1S/C11H12ClN3O2/c1-16-9-5-3-2-4-8(9)13-11-15-14-10(17-11)6-7-12/h2-5H,6-7H2,1H3,(H,13,15). The fourth-order valence-corrected chi connectivity index (χ4v) is 1.51. The molecule has 1 aromatic heterocycles. The molecule has 0 bridgehead atoms. The number of halogens is 1. The minimum atomic E-state index is 0.328. The lowest BCUT2D eigenvalue weighted by Crippen LogP contribution is -1.94. The topological polar surface area (TPSA) is 60.2 Å². The predicted octanol–water partition coefficient (Wildman–Crippen LogP) is 2.60. The van der Waals surface area contributed by atoms with Gasteiger partial charge in [-0.05, 0) is 12.1 Å². The van der Waals surface area contributed by atoms with Crippen molar-refractivity contribution in [2.24, 2.45) is 0 Å². The van der Waals surface area contributed by atoms with Gasteiger partial charge < -0.3 is 14.5 Å². The van der Waals surface area contributed by atoms with Gasteiger partial charge in [0.05, 0.1) is 12.8 Å². The molecule has 6 heteroatoms. The van der Waals surface area contributed by atoms with Gasteiger partial charge in [-0.3, -0.25) is 0 Å². The smallest absolute Gasteiger partial charge is 0.320 e. The van der Waals surface area contributed by atoms with Crippen LogP contribution < -0.4 is 10.1 Å². The van der Waals surface area contributed by atoms with Gasteiger partial charge in [-0.2, -0.15) is 0 Å². The van der Waals surface area contributed by atoms with Gasteiger partial charge in [-0.15, -0.1) is 16.7 Å². The number of nitrogens with one attached hydrogen (secondary N) is 1. The lowest BCUT2D eigenvalue weighted by molar-refractivity contribution is 0.416. The number of hydrogen-bond acceptors (Lipinski definition) is 5. The number of ether oxygens (including phenoxy) is 1. The molecule has 0 aliphatic carbocycles. The molecule has 2 rings (SSSR count). The van der Waals surface area contributed by atoms with Crippen LogP contribution in [0.3, 0.4) is 0 Å². The zero-order valence-electron chi connectivity index (χ0n) is 9.31. The Hall–Kier alpha value is -1.75. The average Bonchev–Trinajstić information content (AvgIpc) is 2.78. The van der Waals surface area contributed by atoms with E-state index < -0.39 is 0 Å². The van der Waals surface area contributed by atoms with Gasteiger partial charge in [0.2, 0.25) is 5.89 Å². The summed E-state index contributed by atoms with van der Waals surface area (Å²) in [6, 6.07) is 7.81. The molecular formula is C11H12ClN3O2. The number of nitrogens with zero attached hydrogens (tertiary/aromatic N) is 2. The Morgan fingerprint density at radius 2 is 2.18 bits per heavy atom. The third-order valence-corrected chi connectivity index (χ3v) is 2.31. The second-order valence-corrected chi connectivity index (χ2v) is 3.64. The van der Waals surface area contributed by atoms with Gasteiger partial charge in [0.1, 0.15) is 5.75 Å². The van der Waals surface area contributed by atoms with E-state index >= 15 is 0 Å². The second-order valence-electron chi connectivity index (χ2n) is 3.27. The molecule has 0 saturated carbocycles. The van der Waals surface area contributed by atoms with Gasteiger partial charge in [-0.1, -0.05) is 17.2 Å². The summed E-state index contributed by atoms with van der Waals surface area (Å²) in [6.07, 6.45) is 0.558. The molecule has 0 aliphatic heterocycles. The first-order valence-electron chi connectivity index (χ1n) is 5.12. The average molecular weight is 254 g/mol. The highest BCUT2D eigenvalue weighted by molar-refractivity contribution is 6.17. The molecule has 0 saturated heterocycles. The Balaban J connectivity index is 2.13. The van der Waals surface area contributed by atoms with E-state index in [2.05, 4.69) is 15.5 Å². The number of hydrogen-bond donors (Lipinski definition) is 1. The van der Waals surface area contributed by atoms with Gasteiger partial charge in [0.15, 0.2) is 0 Å². The van der Waals surface area contributed by atoms with Crippen molar-refractivity contribution in [3.8, 4) is 5.75 Å². The summed E-state index contributed by atoms with van der Waals surface area (Å²) in [7, 11) is 1.60. The van der Waals surface area contributed by atoms with Crippen molar-refractivity contribution >= 4 is 23.3 Å². The molecule has 0 fully saturated rings. The van der Waals surface area contributed by atoms with Gasteiger partial charge in [0, 0.05) is 12.3 Å². The number of aromatic nitrogens is 2. The van der Waals surface area contributed by atoms with Crippen LogP contribution >= 0.6 is 11.6 Å². The first-order valence-corrected chi connectivity index (χ1v) is 5.65. The number of methoxy groups -OCH3 is 1. The maximum atomic E-state index is 5.58. The second kappa shape index (κ2) is 5.54. The van der Waals surface area contributed by atoms with Crippen LogP contribution in [0.1, 0.15) is 5.89 Å². The van der Waals surface area contributed by atoms with E-state index in [-0.39, 0.29) is 0 Å². The Morgan fingerprint density at radius 3 is 2.94 bits per heavy atom. The molecule has 0 unspecified atom stereocenters. The van der Waals surface area contributed by atoms with Crippen LogP contribution in [-0.4, -0.2) is 23.2 Å². The Bertz CT molecular complexity index is 487. The molecular weight excluding hydrogens is 242 g/mol. The van der Waals surface area contributed by atoms with E-state index in [1.165, 1.54) is 0 Å².